The predicted octanol–water partition coefficient (Wildman–Crippen LogP) is 4.96. The maximum atomic E-state index is 13.1. The number of ether oxygens (including phenoxy) is 1. The van der Waals surface area contributed by atoms with E-state index in [4.69, 9.17) is 4.74 Å². The average Bonchev–Trinajstić information content (AvgIpc) is 2.86. The number of hydrogen-bond acceptors (Lipinski definition) is 2. The van der Waals surface area contributed by atoms with E-state index in [0.717, 1.165) is 32.1 Å². The van der Waals surface area contributed by atoms with Crippen molar-refractivity contribution in [2.45, 2.75) is 83.0 Å². The SMILES string of the molecule is CC(C)[N+]1(C)[C@@H]2CC[C@H]1CC(OC(=O)C1CCCC=C1c1ccccc1)C2. The topological polar surface area (TPSA) is 26.3 Å². The summed E-state index contributed by atoms with van der Waals surface area (Å²) in [6.45, 7) is 4.69. The zero-order chi connectivity index (χ0) is 19.0. The molecule has 4 rings (SSSR count). The summed E-state index contributed by atoms with van der Waals surface area (Å²) in [4.78, 5) is 13.1. The lowest BCUT2D eigenvalue weighted by Gasteiger charge is -2.49. The Morgan fingerprint density at radius 2 is 1.74 bits per heavy atom. The number of piperidine rings is 1. The van der Waals surface area contributed by atoms with Gasteiger partial charge >= 0.3 is 5.97 Å². The van der Waals surface area contributed by atoms with Gasteiger partial charge < -0.3 is 9.22 Å². The van der Waals surface area contributed by atoms with E-state index < -0.39 is 0 Å². The molecule has 3 unspecified atom stereocenters. The Balaban J connectivity index is 1.45. The molecule has 0 spiro atoms. The van der Waals surface area contributed by atoms with Crippen molar-refractivity contribution in [3.8, 4) is 0 Å². The highest BCUT2D eigenvalue weighted by Gasteiger charge is 2.53. The summed E-state index contributed by atoms with van der Waals surface area (Å²) >= 11 is 0. The Morgan fingerprint density at radius 3 is 2.37 bits per heavy atom. The van der Waals surface area contributed by atoms with Crippen molar-refractivity contribution >= 4 is 11.5 Å². The second-order valence-corrected chi connectivity index (χ2v) is 9.24. The monoisotopic (exact) mass is 368 g/mol. The number of carbonyl (C=O) groups is 1. The molecule has 3 nitrogen and oxygen atoms in total. The summed E-state index contributed by atoms with van der Waals surface area (Å²) in [7, 11) is 2.42. The molecule has 0 aromatic heterocycles. The van der Waals surface area contributed by atoms with E-state index in [1.807, 2.05) is 6.07 Å². The molecule has 1 aromatic rings. The van der Waals surface area contributed by atoms with Gasteiger partial charge in [-0.1, -0.05) is 36.4 Å². The van der Waals surface area contributed by atoms with Crippen molar-refractivity contribution in [1.82, 2.24) is 0 Å². The highest BCUT2D eigenvalue weighted by atomic mass is 16.5. The van der Waals surface area contributed by atoms with E-state index >= 15 is 0 Å². The first-order valence-electron chi connectivity index (χ1n) is 10.8. The summed E-state index contributed by atoms with van der Waals surface area (Å²) in [6, 6.07) is 12.3. The molecule has 0 N–H and O–H groups in total. The number of carbonyl (C=O) groups excluding carboxylic acids is 1. The maximum Gasteiger partial charge on any atom is 0.313 e. The number of benzene rings is 1. The number of rotatable bonds is 4. The molecule has 3 aliphatic rings. The van der Waals surface area contributed by atoms with Gasteiger partial charge in [-0.15, -0.1) is 0 Å². The van der Waals surface area contributed by atoms with Gasteiger partial charge in [0, 0.05) is 25.7 Å². The standard InChI is InChI=1S/C24H34NO2/c1-17(2)25(3)19-13-14-20(25)16-21(15-19)27-24(26)23-12-8-7-11-22(23)18-9-5-4-6-10-18/h4-6,9-11,17,19-21,23H,7-8,12-16H2,1-3H3/q+1/t19-,20+,21?,23?,25?. The predicted molar refractivity (Wildman–Crippen MR) is 109 cm³/mol. The van der Waals surface area contributed by atoms with Crippen LogP contribution < -0.4 is 0 Å². The Kier molecular flexibility index (Phi) is 5.15. The lowest BCUT2D eigenvalue weighted by Crippen LogP contribution is -2.62. The smallest absolute Gasteiger partial charge is 0.313 e. The van der Waals surface area contributed by atoms with E-state index in [-0.39, 0.29) is 18.0 Å². The van der Waals surface area contributed by atoms with Gasteiger partial charge in [0.05, 0.1) is 31.1 Å². The van der Waals surface area contributed by atoms with Crippen LogP contribution in [0.4, 0.5) is 0 Å². The van der Waals surface area contributed by atoms with Crippen LogP contribution in [0, 0.1) is 5.92 Å². The van der Waals surface area contributed by atoms with Gasteiger partial charge in [0.2, 0.25) is 0 Å². The Hall–Kier alpha value is -1.61. The van der Waals surface area contributed by atoms with E-state index in [9.17, 15) is 4.79 Å². The zero-order valence-electron chi connectivity index (χ0n) is 17.1. The minimum Gasteiger partial charge on any atom is -0.461 e. The first kappa shape index (κ1) is 18.7. The van der Waals surface area contributed by atoms with Crippen LogP contribution in [-0.4, -0.2) is 41.7 Å². The lowest BCUT2D eigenvalue weighted by atomic mass is 9.83. The van der Waals surface area contributed by atoms with E-state index in [1.165, 1.54) is 28.5 Å². The Bertz CT molecular complexity index is 694. The third-order valence-electron chi connectivity index (χ3n) is 7.70. The molecule has 0 amide bonds. The van der Waals surface area contributed by atoms with Gasteiger partial charge in [0.25, 0.3) is 0 Å². The third kappa shape index (κ3) is 3.35. The largest absolute Gasteiger partial charge is 0.461 e. The van der Waals surface area contributed by atoms with Crippen molar-refractivity contribution in [3.05, 3.63) is 42.0 Å². The molecule has 2 bridgehead atoms. The summed E-state index contributed by atoms with van der Waals surface area (Å²) < 4.78 is 7.32. The molecule has 2 fully saturated rings. The number of esters is 1. The second kappa shape index (κ2) is 7.43. The van der Waals surface area contributed by atoms with Crippen LogP contribution in [0.15, 0.2) is 36.4 Å². The first-order valence-corrected chi connectivity index (χ1v) is 10.8. The number of quaternary nitrogens is 1. The molecule has 2 aliphatic heterocycles. The highest BCUT2D eigenvalue weighted by molar-refractivity contribution is 5.89. The van der Waals surface area contributed by atoms with E-state index in [1.54, 1.807) is 0 Å². The minimum atomic E-state index is -0.0910. The number of nitrogens with zero attached hydrogens (tertiary/aromatic N) is 1. The normalized spacial score (nSPS) is 35.8. The summed E-state index contributed by atoms with van der Waals surface area (Å²) in [6.07, 6.45) is 10.1. The molecule has 2 saturated heterocycles. The maximum absolute atomic E-state index is 13.1. The first-order chi connectivity index (χ1) is 13.0. The highest BCUT2D eigenvalue weighted by Crippen LogP contribution is 2.44. The van der Waals surface area contributed by atoms with Crippen molar-refractivity contribution in [2.75, 3.05) is 7.05 Å². The average molecular weight is 369 g/mol. The molecule has 3 heteroatoms. The molecule has 1 aromatic carbocycles. The van der Waals surface area contributed by atoms with Gasteiger partial charge in [0.15, 0.2) is 0 Å². The van der Waals surface area contributed by atoms with Crippen LogP contribution in [0.5, 0.6) is 0 Å². The number of allylic oxidation sites excluding steroid dienone is 1. The Morgan fingerprint density at radius 1 is 1.07 bits per heavy atom. The molecular weight excluding hydrogens is 334 g/mol. The van der Waals surface area contributed by atoms with Gasteiger partial charge in [-0.25, -0.2) is 0 Å². The Labute approximate surface area is 164 Å². The molecule has 5 atom stereocenters. The van der Waals surface area contributed by atoms with Crippen molar-refractivity contribution < 1.29 is 14.0 Å². The van der Waals surface area contributed by atoms with Crippen molar-refractivity contribution in [1.29, 1.82) is 0 Å². The van der Waals surface area contributed by atoms with Gasteiger partial charge in [-0.3, -0.25) is 4.79 Å². The number of hydrogen-bond donors (Lipinski definition) is 0. The molecular formula is C24H34NO2+. The van der Waals surface area contributed by atoms with Crippen LogP contribution in [0.3, 0.4) is 0 Å². The molecule has 0 saturated carbocycles. The van der Waals surface area contributed by atoms with Crippen molar-refractivity contribution in [2.24, 2.45) is 5.92 Å². The quantitative estimate of drug-likeness (QED) is 0.554. The van der Waals surface area contributed by atoms with E-state index in [0.29, 0.717) is 18.1 Å². The zero-order valence-corrected chi connectivity index (χ0v) is 17.1. The van der Waals surface area contributed by atoms with Crippen molar-refractivity contribution in [3.63, 3.8) is 0 Å². The molecule has 0 radical (unpaired) electrons. The van der Waals surface area contributed by atoms with Gasteiger partial charge in [-0.2, -0.15) is 0 Å². The summed E-state index contributed by atoms with van der Waals surface area (Å²) in [5.74, 6) is -0.0819. The van der Waals surface area contributed by atoms with Crippen LogP contribution in [0.25, 0.3) is 5.57 Å². The second-order valence-electron chi connectivity index (χ2n) is 9.24. The van der Waals surface area contributed by atoms with Gasteiger partial charge in [-0.05, 0) is 44.2 Å². The minimum absolute atomic E-state index is 0.00912. The number of fused-ring (bicyclic) bond motifs is 2. The molecule has 27 heavy (non-hydrogen) atoms. The van der Waals surface area contributed by atoms with Gasteiger partial charge in [0.1, 0.15) is 6.10 Å². The fourth-order valence-corrected chi connectivity index (χ4v) is 5.89. The van der Waals surface area contributed by atoms with Crippen LogP contribution in [0.2, 0.25) is 0 Å². The molecule has 146 valence electrons. The molecule has 1 aliphatic carbocycles. The summed E-state index contributed by atoms with van der Waals surface area (Å²) in [5.41, 5.74) is 2.35. The van der Waals surface area contributed by atoms with Crippen LogP contribution in [-0.2, 0) is 9.53 Å². The fourth-order valence-electron chi connectivity index (χ4n) is 5.89. The summed E-state index contributed by atoms with van der Waals surface area (Å²) in [5, 5.41) is 0. The van der Waals surface area contributed by atoms with Crippen LogP contribution >= 0.6 is 0 Å². The molecule has 2 heterocycles. The van der Waals surface area contributed by atoms with E-state index in [2.05, 4.69) is 51.2 Å². The fraction of sp³-hybridized carbons (Fsp3) is 0.625. The lowest BCUT2D eigenvalue weighted by molar-refractivity contribution is -0.968. The van der Waals surface area contributed by atoms with Crippen LogP contribution in [0.1, 0.15) is 64.4 Å². The third-order valence-corrected chi connectivity index (χ3v) is 7.70.